The van der Waals surface area contributed by atoms with Crippen LogP contribution < -0.4 is 5.69 Å². The van der Waals surface area contributed by atoms with Gasteiger partial charge in [-0.2, -0.15) is 17.7 Å². The number of rotatable bonds is 3. The summed E-state index contributed by atoms with van der Waals surface area (Å²) in [6.45, 7) is 1.61. The SMILES string of the molecule is CCOC(=O)n1c(=O)n(Cc2cccc(C(F)(F)F)c2)c2ccccc21. The van der Waals surface area contributed by atoms with Crippen LogP contribution in [-0.4, -0.2) is 21.8 Å². The molecular weight excluding hydrogens is 349 g/mol. The van der Waals surface area contributed by atoms with E-state index in [9.17, 15) is 22.8 Å². The Morgan fingerprint density at radius 3 is 2.42 bits per heavy atom. The first kappa shape index (κ1) is 17.8. The summed E-state index contributed by atoms with van der Waals surface area (Å²) < 4.78 is 45.7. The third-order valence-corrected chi connectivity index (χ3v) is 3.88. The fraction of sp³-hybridized carbons (Fsp3) is 0.222. The van der Waals surface area contributed by atoms with Gasteiger partial charge in [-0.25, -0.2) is 9.59 Å². The number of hydrogen-bond donors (Lipinski definition) is 0. The van der Waals surface area contributed by atoms with Crippen molar-refractivity contribution >= 4 is 17.1 Å². The standard InChI is InChI=1S/C18H15F3N2O3/c1-2-26-17(25)23-15-9-4-3-8-14(15)22(16(23)24)11-12-6-5-7-13(10-12)18(19,20)21/h3-10H,2,11H2,1H3. The lowest BCUT2D eigenvalue weighted by molar-refractivity contribution is -0.137. The molecular formula is C18H15F3N2O3. The summed E-state index contributed by atoms with van der Waals surface area (Å²) >= 11 is 0. The Kier molecular flexibility index (Phi) is 4.58. The summed E-state index contributed by atoms with van der Waals surface area (Å²) in [6.07, 6.45) is -5.30. The van der Waals surface area contributed by atoms with E-state index in [1.807, 2.05) is 0 Å². The van der Waals surface area contributed by atoms with Crippen molar-refractivity contribution in [1.82, 2.24) is 9.13 Å². The molecule has 0 spiro atoms. The number of carbonyl (C=O) groups is 1. The molecule has 3 rings (SSSR count). The molecule has 0 aliphatic carbocycles. The van der Waals surface area contributed by atoms with Gasteiger partial charge in [-0.05, 0) is 36.8 Å². The Hall–Kier alpha value is -3.03. The van der Waals surface area contributed by atoms with E-state index >= 15 is 0 Å². The predicted octanol–water partition coefficient (Wildman–Crippen LogP) is 3.87. The van der Waals surface area contributed by atoms with Crippen LogP contribution in [0, 0.1) is 0 Å². The number of alkyl halides is 3. The third-order valence-electron chi connectivity index (χ3n) is 3.88. The van der Waals surface area contributed by atoms with Crippen LogP contribution in [0.2, 0.25) is 0 Å². The lowest BCUT2D eigenvalue weighted by atomic mass is 10.1. The van der Waals surface area contributed by atoms with Gasteiger partial charge in [0, 0.05) is 0 Å². The van der Waals surface area contributed by atoms with Crippen molar-refractivity contribution in [3.63, 3.8) is 0 Å². The molecule has 0 fully saturated rings. The Morgan fingerprint density at radius 1 is 1.08 bits per heavy atom. The van der Waals surface area contributed by atoms with Crippen molar-refractivity contribution in [2.24, 2.45) is 0 Å². The molecule has 0 saturated heterocycles. The first-order chi connectivity index (χ1) is 12.3. The molecule has 0 aliphatic rings. The van der Waals surface area contributed by atoms with Crippen LogP contribution in [0.3, 0.4) is 0 Å². The maximum absolute atomic E-state index is 12.9. The Bertz CT molecular complexity index is 1020. The second-order valence-electron chi connectivity index (χ2n) is 5.59. The highest BCUT2D eigenvalue weighted by atomic mass is 19.4. The predicted molar refractivity (Wildman–Crippen MR) is 89.2 cm³/mol. The lowest BCUT2D eigenvalue weighted by Gasteiger charge is -2.09. The molecule has 136 valence electrons. The maximum atomic E-state index is 12.9. The van der Waals surface area contributed by atoms with Gasteiger partial charge in [-0.1, -0.05) is 24.3 Å². The maximum Gasteiger partial charge on any atom is 0.422 e. The molecule has 3 aromatic rings. The minimum absolute atomic E-state index is 0.0956. The van der Waals surface area contributed by atoms with Gasteiger partial charge in [0.25, 0.3) is 0 Å². The van der Waals surface area contributed by atoms with E-state index in [1.54, 1.807) is 31.2 Å². The average Bonchev–Trinajstić information content (AvgIpc) is 2.87. The van der Waals surface area contributed by atoms with Crippen LogP contribution in [0.25, 0.3) is 11.0 Å². The largest absolute Gasteiger partial charge is 0.449 e. The zero-order chi connectivity index (χ0) is 18.9. The number of benzene rings is 2. The second-order valence-corrected chi connectivity index (χ2v) is 5.59. The Morgan fingerprint density at radius 2 is 1.77 bits per heavy atom. The normalized spacial score (nSPS) is 11.7. The molecule has 0 unspecified atom stereocenters. The number of imidazole rings is 1. The molecule has 0 N–H and O–H groups in total. The fourth-order valence-electron chi connectivity index (χ4n) is 2.75. The number of carbonyl (C=O) groups excluding carboxylic acids is 1. The van der Waals surface area contributed by atoms with Crippen molar-refractivity contribution in [3.8, 4) is 0 Å². The van der Waals surface area contributed by atoms with Crippen molar-refractivity contribution in [2.45, 2.75) is 19.6 Å². The molecule has 0 bridgehead atoms. The van der Waals surface area contributed by atoms with E-state index in [0.717, 1.165) is 16.7 Å². The summed E-state index contributed by atoms with van der Waals surface area (Å²) in [5.41, 5.74) is -0.390. The quantitative estimate of drug-likeness (QED) is 0.709. The van der Waals surface area contributed by atoms with Gasteiger partial charge >= 0.3 is 18.0 Å². The van der Waals surface area contributed by atoms with Crippen LogP contribution in [-0.2, 0) is 17.5 Å². The topological polar surface area (TPSA) is 53.2 Å². The minimum atomic E-state index is -4.47. The molecule has 0 saturated carbocycles. The van der Waals surface area contributed by atoms with Crippen LogP contribution in [0.5, 0.6) is 0 Å². The van der Waals surface area contributed by atoms with Gasteiger partial charge in [0.1, 0.15) is 0 Å². The van der Waals surface area contributed by atoms with Crippen LogP contribution in [0.15, 0.2) is 53.3 Å². The molecule has 0 radical (unpaired) electrons. The Labute approximate surface area is 146 Å². The number of nitrogens with zero attached hydrogens (tertiary/aromatic N) is 2. The third kappa shape index (κ3) is 3.22. The van der Waals surface area contributed by atoms with Crippen molar-refractivity contribution < 1.29 is 22.7 Å². The fourth-order valence-corrected chi connectivity index (χ4v) is 2.75. The van der Waals surface area contributed by atoms with Gasteiger partial charge in [0.15, 0.2) is 0 Å². The number of halogens is 3. The van der Waals surface area contributed by atoms with E-state index < -0.39 is 23.5 Å². The molecule has 0 atom stereocenters. The van der Waals surface area contributed by atoms with Gasteiger partial charge in [-0.3, -0.25) is 4.57 Å². The summed E-state index contributed by atoms with van der Waals surface area (Å²) in [5.74, 6) is 0. The monoisotopic (exact) mass is 364 g/mol. The number of aromatic nitrogens is 2. The number of fused-ring (bicyclic) bond motifs is 1. The first-order valence-electron chi connectivity index (χ1n) is 7.86. The molecule has 0 amide bonds. The highest BCUT2D eigenvalue weighted by molar-refractivity contribution is 5.86. The smallest absolute Gasteiger partial charge is 0.422 e. The van der Waals surface area contributed by atoms with Gasteiger partial charge in [0.2, 0.25) is 0 Å². The average molecular weight is 364 g/mol. The summed E-state index contributed by atoms with van der Waals surface area (Å²) in [7, 11) is 0. The van der Waals surface area contributed by atoms with E-state index in [2.05, 4.69) is 0 Å². The molecule has 1 heterocycles. The molecule has 5 nitrogen and oxygen atoms in total. The van der Waals surface area contributed by atoms with Gasteiger partial charge in [0.05, 0.1) is 29.7 Å². The minimum Gasteiger partial charge on any atom is -0.449 e. The Balaban J connectivity index is 2.11. The highest BCUT2D eigenvalue weighted by Crippen LogP contribution is 2.29. The van der Waals surface area contributed by atoms with E-state index in [-0.39, 0.29) is 13.2 Å². The second kappa shape index (κ2) is 6.70. The summed E-state index contributed by atoms with van der Waals surface area (Å²) in [5, 5.41) is 0. The van der Waals surface area contributed by atoms with E-state index in [1.165, 1.54) is 16.7 Å². The molecule has 0 aliphatic heterocycles. The molecule has 1 aromatic heterocycles. The number of para-hydroxylation sites is 2. The number of ether oxygens (including phenoxy) is 1. The highest BCUT2D eigenvalue weighted by Gasteiger charge is 2.30. The molecule has 8 heteroatoms. The zero-order valence-electron chi connectivity index (χ0n) is 13.8. The zero-order valence-corrected chi connectivity index (χ0v) is 13.8. The molecule has 2 aromatic carbocycles. The summed E-state index contributed by atoms with van der Waals surface area (Å²) in [4.78, 5) is 24.8. The van der Waals surface area contributed by atoms with Crippen molar-refractivity contribution in [2.75, 3.05) is 6.61 Å². The molecule has 26 heavy (non-hydrogen) atoms. The number of hydrogen-bond acceptors (Lipinski definition) is 3. The summed E-state index contributed by atoms with van der Waals surface area (Å²) in [6, 6.07) is 11.3. The van der Waals surface area contributed by atoms with E-state index in [4.69, 9.17) is 4.74 Å². The van der Waals surface area contributed by atoms with Crippen LogP contribution in [0.4, 0.5) is 18.0 Å². The van der Waals surface area contributed by atoms with Crippen LogP contribution in [0.1, 0.15) is 18.1 Å². The van der Waals surface area contributed by atoms with Crippen molar-refractivity contribution in [3.05, 3.63) is 70.1 Å². The first-order valence-corrected chi connectivity index (χ1v) is 7.86. The van der Waals surface area contributed by atoms with Crippen molar-refractivity contribution in [1.29, 1.82) is 0 Å². The van der Waals surface area contributed by atoms with Crippen LogP contribution >= 0.6 is 0 Å². The van der Waals surface area contributed by atoms with E-state index in [0.29, 0.717) is 16.6 Å². The van der Waals surface area contributed by atoms with Gasteiger partial charge < -0.3 is 4.74 Å². The van der Waals surface area contributed by atoms with Gasteiger partial charge in [-0.15, -0.1) is 0 Å². The lowest BCUT2D eigenvalue weighted by Crippen LogP contribution is -2.30.